The molecule has 3 nitrogen and oxygen atoms in total. The number of aryl methyl sites for hydroxylation is 1. The molecule has 4 rings (SSSR count). The van der Waals surface area contributed by atoms with E-state index in [9.17, 15) is 21.6 Å². The summed E-state index contributed by atoms with van der Waals surface area (Å²) in [6.45, 7) is 1.84. The number of benzene rings is 3. The minimum Gasteiger partial charge on any atom is -0.233 e. The van der Waals surface area contributed by atoms with Gasteiger partial charge in [-0.3, -0.25) is 0 Å². The zero-order valence-electron chi connectivity index (χ0n) is 15.3. The first kappa shape index (κ1) is 19.3. The highest BCUT2D eigenvalue weighted by Crippen LogP contribution is 2.36. The molecule has 0 saturated heterocycles. The maximum absolute atomic E-state index is 13.4. The van der Waals surface area contributed by atoms with Gasteiger partial charge >= 0.3 is 6.18 Å². The van der Waals surface area contributed by atoms with Crippen molar-refractivity contribution in [2.45, 2.75) is 18.0 Å². The van der Waals surface area contributed by atoms with Gasteiger partial charge in [0.2, 0.25) is 0 Å². The molecule has 148 valence electrons. The van der Waals surface area contributed by atoms with Crippen LogP contribution >= 0.6 is 0 Å². The van der Waals surface area contributed by atoms with Crippen LogP contribution in [-0.4, -0.2) is 12.4 Å². The molecule has 0 amide bonds. The van der Waals surface area contributed by atoms with Gasteiger partial charge in [-0.15, -0.1) is 0 Å². The number of rotatable bonds is 3. The highest BCUT2D eigenvalue weighted by molar-refractivity contribution is 7.90. The quantitative estimate of drug-likeness (QED) is 0.420. The first-order chi connectivity index (χ1) is 13.7. The second-order valence-corrected chi connectivity index (χ2v) is 8.54. The van der Waals surface area contributed by atoms with Crippen molar-refractivity contribution in [1.29, 1.82) is 0 Å². The molecule has 0 saturated carbocycles. The predicted molar refractivity (Wildman–Crippen MR) is 106 cm³/mol. The van der Waals surface area contributed by atoms with Gasteiger partial charge in [0.05, 0.1) is 21.7 Å². The van der Waals surface area contributed by atoms with E-state index in [1.807, 2.05) is 6.92 Å². The third-order valence-electron chi connectivity index (χ3n) is 4.71. The number of hydrogen-bond donors (Lipinski definition) is 0. The van der Waals surface area contributed by atoms with Gasteiger partial charge in [0.1, 0.15) is 0 Å². The van der Waals surface area contributed by atoms with Crippen molar-refractivity contribution in [3.8, 4) is 11.3 Å². The minimum absolute atomic E-state index is 0.0673. The summed E-state index contributed by atoms with van der Waals surface area (Å²) in [6.07, 6.45) is -4.51. The lowest BCUT2D eigenvalue weighted by Crippen LogP contribution is -2.14. The molecule has 29 heavy (non-hydrogen) atoms. The summed E-state index contributed by atoms with van der Waals surface area (Å²) in [4.78, 5) is 0.0673. The van der Waals surface area contributed by atoms with Crippen molar-refractivity contribution in [3.63, 3.8) is 0 Å². The molecule has 3 aromatic carbocycles. The lowest BCUT2D eigenvalue weighted by Gasteiger charge is -2.13. The van der Waals surface area contributed by atoms with Crippen LogP contribution < -0.4 is 0 Å². The van der Waals surface area contributed by atoms with E-state index in [4.69, 9.17) is 0 Å². The molecule has 0 aliphatic heterocycles. The third-order valence-corrected chi connectivity index (χ3v) is 6.46. The molecule has 0 unspecified atom stereocenters. The van der Waals surface area contributed by atoms with Crippen LogP contribution in [0.1, 0.15) is 11.1 Å². The standard InChI is InChI=1S/C22H16F3NO2S/c1-15-7-10-19(11-8-15)29(27,28)26-20-12-9-18(22(23,24)25)13-17(20)14-21(26)16-5-3-2-4-6-16/h2-14H,1H3. The van der Waals surface area contributed by atoms with Crippen LogP contribution in [0.5, 0.6) is 0 Å². The Morgan fingerprint density at radius 3 is 2.10 bits per heavy atom. The molecular formula is C22H16F3NO2S. The van der Waals surface area contributed by atoms with Crippen LogP contribution in [0.4, 0.5) is 13.2 Å². The van der Waals surface area contributed by atoms with Crippen molar-refractivity contribution >= 4 is 20.9 Å². The van der Waals surface area contributed by atoms with Crippen LogP contribution in [0.25, 0.3) is 22.2 Å². The van der Waals surface area contributed by atoms with E-state index in [0.29, 0.717) is 11.3 Å². The maximum Gasteiger partial charge on any atom is 0.416 e. The first-order valence-electron chi connectivity index (χ1n) is 8.78. The summed E-state index contributed by atoms with van der Waals surface area (Å²) >= 11 is 0. The van der Waals surface area contributed by atoms with Gasteiger partial charge in [-0.05, 0) is 48.9 Å². The van der Waals surface area contributed by atoms with Crippen LogP contribution in [-0.2, 0) is 16.2 Å². The molecule has 1 heterocycles. The lowest BCUT2D eigenvalue weighted by atomic mass is 10.1. The van der Waals surface area contributed by atoms with Crippen molar-refractivity contribution < 1.29 is 21.6 Å². The second-order valence-electron chi connectivity index (χ2n) is 6.75. The van der Waals surface area contributed by atoms with Crippen LogP contribution in [0, 0.1) is 6.92 Å². The van der Waals surface area contributed by atoms with E-state index in [2.05, 4.69) is 0 Å². The van der Waals surface area contributed by atoms with Crippen molar-refractivity contribution in [1.82, 2.24) is 3.97 Å². The third kappa shape index (κ3) is 3.42. The highest BCUT2D eigenvalue weighted by atomic mass is 32.2. The number of halogens is 3. The van der Waals surface area contributed by atoms with E-state index in [1.165, 1.54) is 24.3 Å². The second kappa shape index (κ2) is 6.77. The molecule has 0 aliphatic rings. The number of aromatic nitrogens is 1. The van der Waals surface area contributed by atoms with Crippen LogP contribution in [0.3, 0.4) is 0 Å². The summed E-state index contributed by atoms with van der Waals surface area (Å²) in [7, 11) is -4.03. The minimum atomic E-state index is -4.51. The Morgan fingerprint density at radius 1 is 0.828 bits per heavy atom. The average Bonchev–Trinajstić information content (AvgIpc) is 3.08. The summed E-state index contributed by atoms with van der Waals surface area (Å²) in [6, 6.07) is 19.6. The summed E-state index contributed by atoms with van der Waals surface area (Å²) in [5.74, 6) is 0. The number of fused-ring (bicyclic) bond motifs is 1. The predicted octanol–water partition coefficient (Wildman–Crippen LogP) is 5.87. The van der Waals surface area contributed by atoms with Gasteiger partial charge in [0, 0.05) is 5.39 Å². The lowest BCUT2D eigenvalue weighted by molar-refractivity contribution is -0.137. The SMILES string of the molecule is Cc1ccc(S(=O)(=O)n2c(-c3ccccc3)cc3cc(C(F)(F)F)ccc32)cc1. The first-order valence-corrected chi connectivity index (χ1v) is 10.2. The molecule has 4 aromatic rings. The van der Waals surface area contributed by atoms with Gasteiger partial charge in [-0.2, -0.15) is 13.2 Å². The number of nitrogens with zero attached hydrogens (tertiary/aromatic N) is 1. The summed E-state index contributed by atoms with van der Waals surface area (Å²) in [5.41, 5.74) is 1.17. The van der Waals surface area contributed by atoms with E-state index in [-0.39, 0.29) is 15.8 Å². The van der Waals surface area contributed by atoms with E-state index in [0.717, 1.165) is 21.7 Å². The Bertz CT molecular complexity index is 1290. The van der Waals surface area contributed by atoms with Crippen molar-refractivity contribution in [2.24, 2.45) is 0 Å². The monoisotopic (exact) mass is 415 g/mol. The molecule has 0 fully saturated rings. The maximum atomic E-state index is 13.4. The van der Waals surface area contributed by atoms with Gasteiger partial charge in [0.25, 0.3) is 10.0 Å². The molecular weight excluding hydrogens is 399 g/mol. The molecule has 0 radical (unpaired) electrons. The summed E-state index contributed by atoms with van der Waals surface area (Å²) in [5, 5.41) is 0.203. The largest absolute Gasteiger partial charge is 0.416 e. The topological polar surface area (TPSA) is 39.1 Å². The molecule has 0 aliphatic carbocycles. The summed E-state index contributed by atoms with van der Waals surface area (Å²) < 4.78 is 67.5. The van der Waals surface area contributed by atoms with E-state index in [1.54, 1.807) is 42.5 Å². The normalized spacial score (nSPS) is 12.4. The zero-order chi connectivity index (χ0) is 20.8. The Labute approximate surface area is 166 Å². The van der Waals surface area contributed by atoms with Crippen molar-refractivity contribution in [3.05, 3.63) is 90.0 Å². The molecule has 7 heteroatoms. The molecule has 1 aromatic heterocycles. The van der Waals surface area contributed by atoms with E-state index >= 15 is 0 Å². The Kier molecular flexibility index (Phi) is 4.50. The van der Waals surface area contributed by atoms with Crippen LogP contribution in [0.2, 0.25) is 0 Å². The Hall–Kier alpha value is -3.06. The fourth-order valence-electron chi connectivity index (χ4n) is 3.25. The Morgan fingerprint density at radius 2 is 1.48 bits per heavy atom. The molecule has 0 N–H and O–H groups in total. The van der Waals surface area contributed by atoms with Gasteiger partial charge in [-0.1, -0.05) is 48.0 Å². The number of hydrogen-bond acceptors (Lipinski definition) is 2. The van der Waals surface area contributed by atoms with Gasteiger partial charge in [-0.25, -0.2) is 12.4 Å². The van der Waals surface area contributed by atoms with Gasteiger partial charge < -0.3 is 0 Å². The molecule has 0 bridgehead atoms. The van der Waals surface area contributed by atoms with E-state index < -0.39 is 21.8 Å². The number of alkyl halides is 3. The highest BCUT2D eigenvalue weighted by Gasteiger charge is 2.32. The average molecular weight is 415 g/mol. The van der Waals surface area contributed by atoms with Crippen LogP contribution in [0.15, 0.2) is 83.8 Å². The molecule has 0 spiro atoms. The smallest absolute Gasteiger partial charge is 0.233 e. The molecule has 0 atom stereocenters. The Balaban J connectivity index is 2.04. The zero-order valence-corrected chi connectivity index (χ0v) is 16.1. The van der Waals surface area contributed by atoms with Crippen molar-refractivity contribution in [2.75, 3.05) is 0 Å². The van der Waals surface area contributed by atoms with Gasteiger partial charge in [0.15, 0.2) is 0 Å². The fraction of sp³-hybridized carbons (Fsp3) is 0.0909. The fourth-order valence-corrected chi connectivity index (χ4v) is 4.78.